The highest BCUT2D eigenvalue weighted by Crippen LogP contribution is 2.11. The molecular formula is C10H10N4. The van der Waals surface area contributed by atoms with Crippen LogP contribution in [0.5, 0.6) is 0 Å². The van der Waals surface area contributed by atoms with Crippen LogP contribution in [0.15, 0.2) is 11.8 Å². The largest absolute Gasteiger partial charge is 0.270 e. The third-order valence-electron chi connectivity index (χ3n) is 1.98. The van der Waals surface area contributed by atoms with Gasteiger partial charge in [0, 0.05) is 17.8 Å². The summed E-state index contributed by atoms with van der Waals surface area (Å²) in [6, 6.07) is 3.64. The molecule has 0 saturated heterocycles. The van der Waals surface area contributed by atoms with Crippen LogP contribution >= 0.6 is 0 Å². The van der Waals surface area contributed by atoms with Crippen LogP contribution in [0.3, 0.4) is 0 Å². The molecule has 0 fully saturated rings. The van der Waals surface area contributed by atoms with Crippen molar-refractivity contribution in [2.75, 3.05) is 0 Å². The van der Waals surface area contributed by atoms with Gasteiger partial charge in [0.2, 0.25) is 0 Å². The van der Waals surface area contributed by atoms with Crippen molar-refractivity contribution in [2.45, 2.75) is 20.4 Å². The molecule has 70 valence electrons. The molecule has 0 bridgehead atoms. The molecule has 4 nitrogen and oxygen atoms in total. The van der Waals surface area contributed by atoms with Crippen LogP contribution in [0.25, 0.3) is 6.08 Å². The van der Waals surface area contributed by atoms with E-state index in [1.165, 1.54) is 0 Å². The van der Waals surface area contributed by atoms with E-state index in [4.69, 9.17) is 10.5 Å². The summed E-state index contributed by atoms with van der Waals surface area (Å²) >= 11 is 0. The molecule has 0 aliphatic rings. The minimum atomic E-state index is 0.101. The van der Waals surface area contributed by atoms with Gasteiger partial charge in [-0.15, -0.1) is 0 Å². The first kappa shape index (κ1) is 10.0. The highest BCUT2D eigenvalue weighted by Gasteiger charge is 2.03. The molecule has 0 atom stereocenters. The fraction of sp³-hybridized carbons (Fsp3) is 0.300. The van der Waals surface area contributed by atoms with Gasteiger partial charge in [-0.05, 0) is 19.9 Å². The van der Waals surface area contributed by atoms with E-state index in [0.29, 0.717) is 0 Å². The van der Waals surface area contributed by atoms with Gasteiger partial charge in [0.05, 0.1) is 6.20 Å². The van der Waals surface area contributed by atoms with E-state index in [0.717, 1.165) is 17.8 Å². The van der Waals surface area contributed by atoms with Crippen LogP contribution in [-0.2, 0) is 6.54 Å². The normalized spacial score (nSPS) is 8.86. The lowest BCUT2D eigenvalue weighted by Crippen LogP contribution is -1.98. The van der Waals surface area contributed by atoms with E-state index in [1.54, 1.807) is 12.3 Å². The maximum Gasteiger partial charge on any atom is 0.130 e. The van der Waals surface area contributed by atoms with Crippen molar-refractivity contribution >= 4 is 6.08 Å². The second-order valence-electron chi connectivity index (χ2n) is 2.78. The molecule has 0 N–H and O–H groups in total. The zero-order valence-electron chi connectivity index (χ0n) is 8.15. The predicted molar refractivity (Wildman–Crippen MR) is 51.8 cm³/mol. The van der Waals surface area contributed by atoms with Gasteiger partial charge in [-0.3, -0.25) is 4.68 Å². The maximum absolute atomic E-state index is 8.57. The average Bonchev–Trinajstić information content (AvgIpc) is 2.56. The third kappa shape index (κ3) is 1.81. The summed E-state index contributed by atoms with van der Waals surface area (Å²) in [6.07, 6.45) is 3.21. The fourth-order valence-electron chi connectivity index (χ4n) is 1.17. The van der Waals surface area contributed by atoms with E-state index in [9.17, 15) is 0 Å². The summed E-state index contributed by atoms with van der Waals surface area (Å²) in [5.74, 6) is 0. The Balaban J connectivity index is 3.12. The fourth-order valence-corrected chi connectivity index (χ4v) is 1.17. The van der Waals surface area contributed by atoms with E-state index in [1.807, 2.05) is 30.7 Å². The Bertz CT molecular complexity index is 424. The molecule has 0 radical (unpaired) electrons. The molecule has 0 aliphatic heterocycles. The molecule has 0 unspecified atom stereocenters. The predicted octanol–water partition coefficient (Wildman–Crippen LogP) is 1.64. The Morgan fingerprint density at radius 1 is 1.57 bits per heavy atom. The van der Waals surface area contributed by atoms with Gasteiger partial charge in [0.1, 0.15) is 17.7 Å². The smallest absolute Gasteiger partial charge is 0.130 e. The lowest BCUT2D eigenvalue weighted by molar-refractivity contribution is 0.639. The quantitative estimate of drug-likeness (QED) is 0.659. The minimum absolute atomic E-state index is 0.101. The van der Waals surface area contributed by atoms with Crippen molar-refractivity contribution in [3.8, 4) is 12.1 Å². The number of aryl methyl sites for hydroxylation is 1. The second-order valence-corrected chi connectivity index (χ2v) is 2.78. The van der Waals surface area contributed by atoms with E-state index in [2.05, 4.69) is 5.10 Å². The zero-order valence-corrected chi connectivity index (χ0v) is 8.15. The summed E-state index contributed by atoms with van der Waals surface area (Å²) in [6.45, 7) is 4.69. The first-order chi connectivity index (χ1) is 6.72. The maximum atomic E-state index is 8.57. The van der Waals surface area contributed by atoms with Gasteiger partial charge in [0.25, 0.3) is 0 Å². The molecule has 0 saturated carbocycles. The highest BCUT2D eigenvalue weighted by atomic mass is 15.3. The van der Waals surface area contributed by atoms with Crippen LogP contribution < -0.4 is 0 Å². The molecular weight excluding hydrogens is 176 g/mol. The highest BCUT2D eigenvalue weighted by molar-refractivity contribution is 5.62. The number of allylic oxidation sites excluding steroid dienone is 1. The Morgan fingerprint density at radius 3 is 2.64 bits per heavy atom. The van der Waals surface area contributed by atoms with Crippen molar-refractivity contribution in [3.05, 3.63) is 23.0 Å². The Labute approximate surface area is 82.7 Å². The number of rotatable bonds is 2. The van der Waals surface area contributed by atoms with Crippen molar-refractivity contribution in [1.29, 1.82) is 10.5 Å². The number of aromatic nitrogens is 2. The lowest BCUT2D eigenvalue weighted by atomic mass is 10.2. The van der Waals surface area contributed by atoms with Crippen molar-refractivity contribution < 1.29 is 0 Å². The number of nitriles is 2. The van der Waals surface area contributed by atoms with Crippen LogP contribution in [-0.4, -0.2) is 9.78 Å². The van der Waals surface area contributed by atoms with Crippen molar-refractivity contribution in [2.24, 2.45) is 0 Å². The van der Waals surface area contributed by atoms with Crippen LogP contribution in [0.2, 0.25) is 0 Å². The Morgan fingerprint density at radius 2 is 2.21 bits per heavy atom. The molecule has 1 aromatic heterocycles. The second kappa shape index (κ2) is 4.25. The van der Waals surface area contributed by atoms with Gasteiger partial charge in [-0.2, -0.15) is 15.6 Å². The molecule has 4 heteroatoms. The van der Waals surface area contributed by atoms with E-state index < -0.39 is 0 Å². The van der Waals surface area contributed by atoms with Gasteiger partial charge in [0.15, 0.2) is 0 Å². The monoisotopic (exact) mass is 186 g/mol. The Hall–Kier alpha value is -2.07. The molecule has 0 spiro atoms. The van der Waals surface area contributed by atoms with E-state index >= 15 is 0 Å². The van der Waals surface area contributed by atoms with Gasteiger partial charge in [-0.1, -0.05) is 0 Å². The minimum Gasteiger partial charge on any atom is -0.270 e. The van der Waals surface area contributed by atoms with E-state index in [-0.39, 0.29) is 5.57 Å². The van der Waals surface area contributed by atoms with Crippen molar-refractivity contribution in [1.82, 2.24) is 9.78 Å². The first-order valence-electron chi connectivity index (χ1n) is 4.27. The molecule has 0 aliphatic carbocycles. The standard InChI is InChI=1S/C10H10N4/c1-3-14-8(2)10(7-13-14)4-9(5-11)6-12/h4,7H,3H2,1-2H3. The first-order valence-corrected chi connectivity index (χ1v) is 4.27. The molecule has 1 aromatic rings. The third-order valence-corrected chi connectivity index (χ3v) is 1.98. The van der Waals surface area contributed by atoms with Crippen LogP contribution in [0, 0.1) is 29.6 Å². The molecule has 0 aromatic carbocycles. The lowest BCUT2D eigenvalue weighted by Gasteiger charge is -1.98. The summed E-state index contributed by atoms with van der Waals surface area (Å²) in [5.41, 5.74) is 1.89. The summed E-state index contributed by atoms with van der Waals surface area (Å²) in [5, 5.41) is 21.3. The van der Waals surface area contributed by atoms with Gasteiger partial charge in [-0.25, -0.2) is 0 Å². The topological polar surface area (TPSA) is 65.4 Å². The zero-order chi connectivity index (χ0) is 10.6. The molecule has 1 heterocycles. The van der Waals surface area contributed by atoms with Crippen LogP contribution in [0.1, 0.15) is 18.2 Å². The number of hydrogen-bond acceptors (Lipinski definition) is 3. The van der Waals surface area contributed by atoms with Gasteiger partial charge < -0.3 is 0 Å². The van der Waals surface area contributed by atoms with Gasteiger partial charge >= 0.3 is 0 Å². The Kier molecular flexibility index (Phi) is 3.04. The summed E-state index contributed by atoms with van der Waals surface area (Å²) in [4.78, 5) is 0. The molecule has 14 heavy (non-hydrogen) atoms. The number of hydrogen-bond donors (Lipinski definition) is 0. The SMILES string of the molecule is CCn1ncc(C=C(C#N)C#N)c1C. The van der Waals surface area contributed by atoms with Crippen molar-refractivity contribution in [3.63, 3.8) is 0 Å². The number of nitrogens with zero attached hydrogens (tertiary/aromatic N) is 4. The molecule has 0 amide bonds. The summed E-state index contributed by atoms with van der Waals surface area (Å²) in [7, 11) is 0. The molecule has 1 rings (SSSR count). The summed E-state index contributed by atoms with van der Waals surface area (Å²) < 4.78 is 1.82. The van der Waals surface area contributed by atoms with Crippen LogP contribution in [0.4, 0.5) is 0 Å². The average molecular weight is 186 g/mol.